The number of pyridine rings is 2. The lowest BCUT2D eigenvalue weighted by atomic mass is 10.0. The van der Waals surface area contributed by atoms with E-state index in [-0.39, 0.29) is 5.56 Å². The number of hydrogen-bond donors (Lipinski definition) is 1. The second-order valence-corrected chi connectivity index (χ2v) is 8.08. The number of rotatable bonds is 3. The van der Waals surface area contributed by atoms with E-state index in [1.165, 1.54) is 0 Å². The number of fused-ring (bicyclic) bond motifs is 2. The first-order chi connectivity index (χ1) is 14.6. The van der Waals surface area contributed by atoms with E-state index in [2.05, 4.69) is 20.3 Å². The van der Waals surface area contributed by atoms with E-state index in [1.54, 1.807) is 15.4 Å². The van der Waals surface area contributed by atoms with E-state index in [1.807, 2.05) is 56.6 Å². The van der Waals surface area contributed by atoms with Gasteiger partial charge in [-0.15, -0.1) is 0 Å². The number of benzene rings is 1. The van der Waals surface area contributed by atoms with Crippen molar-refractivity contribution >= 4 is 21.9 Å². The predicted octanol–water partition coefficient (Wildman–Crippen LogP) is 3.85. The van der Waals surface area contributed by atoms with Gasteiger partial charge in [0, 0.05) is 35.8 Å². The summed E-state index contributed by atoms with van der Waals surface area (Å²) in [4.78, 5) is 18.2. The van der Waals surface area contributed by atoms with Gasteiger partial charge in [-0.1, -0.05) is 6.07 Å². The SMILES string of the molecule is Cc1ccc(-n2c(=O)c(-c3ccc4nn(C)cc4c3)cc3n[nH]c(C4CC4)c32)cn1. The Kier molecular flexibility index (Phi) is 3.50. The van der Waals surface area contributed by atoms with Crippen LogP contribution in [0.15, 0.2) is 53.6 Å². The van der Waals surface area contributed by atoms with Gasteiger partial charge in [0.25, 0.3) is 5.56 Å². The van der Waals surface area contributed by atoms with Crippen LogP contribution in [-0.2, 0) is 7.05 Å². The fourth-order valence-corrected chi connectivity index (χ4v) is 4.14. The molecule has 0 unspecified atom stereocenters. The highest BCUT2D eigenvalue weighted by Gasteiger charge is 2.30. The maximum absolute atomic E-state index is 13.8. The molecule has 0 aliphatic heterocycles. The Morgan fingerprint density at radius 2 is 1.97 bits per heavy atom. The van der Waals surface area contributed by atoms with Crippen LogP contribution < -0.4 is 5.56 Å². The lowest BCUT2D eigenvalue weighted by Gasteiger charge is -2.12. The molecule has 148 valence electrons. The molecule has 1 saturated carbocycles. The first kappa shape index (κ1) is 17.1. The maximum Gasteiger partial charge on any atom is 0.263 e. The van der Waals surface area contributed by atoms with E-state index in [4.69, 9.17) is 0 Å². The van der Waals surface area contributed by atoms with Crippen molar-refractivity contribution in [3.8, 4) is 16.8 Å². The van der Waals surface area contributed by atoms with E-state index < -0.39 is 0 Å². The molecule has 7 heteroatoms. The molecular formula is C23H20N6O. The number of aryl methyl sites for hydroxylation is 2. The number of aromatic amines is 1. The zero-order valence-electron chi connectivity index (χ0n) is 16.8. The molecule has 6 rings (SSSR count). The van der Waals surface area contributed by atoms with Crippen LogP contribution in [0.1, 0.15) is 30.1 Å². The fourth-order valence-electron chi connectivity index (χ4n) is 4.14. The molecule has 0 radical (unpaired) electrons. The maximum atomic E-state index is 13.8. The van der Waals surface area contributed by atoms with E-state index in [0.717, 1.165) is 57.4 Å². The predicted molar refractivity (Wildman–Crippen MR) is 116 cm³/mol. The van der Waals surface area contributed by atoms with Crippen LogP contribution in [0, 0.1) is 6.92 Å². The fraction of sp³-hybridized carbons (Fsp3) is 0.217. The normalized spacial score (nSPS) is 14.1. The number of H-pyrrole nitrogens is 1. The van der Waals surface area contributed by atoms with Crippen LogP contribution in [0.2, 0.25) is 0 Å². The molecule has 0 amide bonds. The van der Waals surface area contributed by atoms with Gasteiger partial charge in [-0.3, -0.25) is 24.1 Å². The average Bonchev–Trinajstić information content (AvgIpc) is 3.38. The molecule has 1 aromatic carbocycles. The van der Waals surface area contributed by atoms with Gasteiger partial charge in [-0.05, 0) is 55.7 Å². The molecule has 0 bridgehead atoms. The smallest absolute Gasteiger partial charge is 0.263 e. The topological polar surface area (TPSA) is 81.4 Å². The molecular weight excluding hydrogens is 376 g/mol. The summed E-state index contributed by atoms with van der Waals surface area (Å²) < 4.78 is 3.55. The summed E-state index contributed by atoms with van der Waals surface area (Å²) in [5.74, 6) is 0.441. The Morgan fingerprint density at radius 1 is 1.10 bits per heavy atom. The van der Waals surface area contributed by atoms with Crippen molar-refractivity contribution in [3.05, 3.63) is 70.5 Å². The first-order valence-electron chi connectivity index (χ1n) is 10.1. The van der Waals surface area contributed by atoms with Crippen molar-refractivity contribution in [2.24, 2.45) is 7.05 Å². The summed E-state index contributed by atoms with van der Waals surface area (Å²) in [5.41, 5.74) is 6.66. The minimum Gasteiger partial charge on any atom is -0.279 e. The van der Waals surface area contributed by atoms with Crippen molar-refractivity contribution in [2.45, 2.75) is 25.7 Å². The third-order valence-corrected chi connectivity index (χ3v) is 5.80. The minimum absolute atomic E-state index is 0.0697. The van der Waals surface area contributed by atoms with Crippen molar-refractivity contribution in [3.63, 3.8) is 0 Å². The van der Waals surface area contributed by atoms with Gasteiger partial charge in [0.05, 0.1) is 28.6 Å². The molecule has 0 saturated heterocycles. The summed E-state index contributed by atoms with van der Waals surface area (Å²) in [6.07, 6.45) is 5.96. The van der Waals surface area contributed by atoms with Crippen LogP contribution in [0.5, 0.6) is 0 Å². The van der Waals surface area contributed by atoms with Crippen LogP contribution in [0.4, 0.5) is 0 Å². The van der Waals surface area contributed by atoms with Gasteiger partial charge < -0.3 is 0 Å². The zero-order chi connectivity index (χ0) is 20.4. The Hall–Kier alpha value is -3.74. The molecule has 4 heterocycles. The van der Waals surface area contributed by atoms with E-state index in [9.17, 15) is 4.79 Å². The summed E-state index contributed by atoms with van der Waals surface area (Å²) >= 11 is 0. The Labute approximate surface area is 172 Å². The second kappa shape index (κ2) is 6.13. The lowest BCUT2D eigenvalue weighted by Crippen LogP contribution is -2.21. The molecule has 1 N–H and O–H groups in total. The third-order valence-electron chi connectivity index (χ3n) is 5.80. The monoisotopic (exact) mass is 396 g/mol. The third kappa shape index (κ3) is 2.58. The molecule has 30 heavy (non-hydrogen) atoms. The van der Waals surface area contributed by atoms with Gasteiger partial charge in [0.1, 0.15) is 5.52 Å². The van der Waals surface area contributed by atoms with Gasteiger partial charge in [0.15, 0.2) is 0 Å². The van der Waals surface area contributed by atoms with E-state index in [0.29, 0.717) is 11.5 Å². The highest BCUT2D eigenvalue weighted by molar-refractivity contribution is 5.88. The lowest BCUT2D eigenvalue weighted by molar-refractivity contribution is 0.780. The van der Waals surface area contributed by atoms with Crippen LogP contribution in [0.25, 0.3) is 38.8 Å². The highest BCUT2D eigenvalue weighted by Crippen LogP contribution is 2.42. The Balaban J connectivity index is 1.66. The largest absolute Gasteiger partial charge is 0.279 e. The van der Waals surface area contributed by atoms with Crippen LogP contribution in [-0.4, -0.2) is 29.5 Å². The molecule has 0 atom stereocenters. The van der Waals surface area contributed by atoms with Gasteiger partial charge in [-0.2, -0.15) is 10.2 Å². The number of hydrogen-bond acceptors (Lipinski definition) is 4. The summed E-state index contributed by atoms with van der Waals surface area (Å²) in [7, 11) is 1.90. The molecule has 5 aromatic rings. The molecule has 0 spiro atoms. The molecule has 1 fully saturated rings. The van der Waals surface area contributed by atoms with Crippen LogP contribution >= 0.6 is 0 Å². The molecule has 1 aliphatic rings. The summed E-state index contributed by atoms with van der Waals surface area (Å²) in [6.45, 7) is 1.94. The van der Waals surface area contributed by atoms with Crippen molar-refractivity contribution < 1.29 is 0 Å². The van der Waals surface area contributed by atoms with Crippen molar-refractivity contribution in [1.82, 2.24) is 29.5 Å². The first-order valence-corrected chi connectivity index (χ1v) is 10.1. The highest BCUT2D eigenvalue weighted by atomic mass is 16.1. The Bertz CT molecular complexity index is 1480. The zero-order valence-corrected chi connectivity index (χ0v) is 16.8. The van der Waals surface area contributed by atoms with Crippen molar-refractivity contribution in [1.29, 1.82) is 0 Å². The minimum atomic E-state index is -0.0697. The van der Waals surface area contributed by atoms with Gasteiger partial charge in [0.2, 0.25) is 0 Å². The molecule has 7 nitrogen and oxygen atoms in total. The summed E-state index contributed by atoms with van der Waals surface area (Å²) in [6, 6.07) is 11.7. The van der Waals surface area contributed by atoms with E-state index >= 15 is 0 Å². The number of aromatic nitrogens is 6. The standard InChI is InChI=1S/C23H20N6O/c1-13-3-7-17(11-24-13)29-22-20(25-26-21(22)14-4-5-14)10-18(23(29)30)15-6-8-19-16(9-15)12-28(2)27-19/h3,6-12,14H,4-5H2,1-2H3,(H,25,26). The van der Waals surface area contributed by atoms with Gasteiger partial charge >= 0.3 is 0 Å². The second-order valence-electron chi connectivity index (χ2n) is 8.08. The van der Waals surface area contributed by atoms with Crippen molar-refractivity contribution in [2.75, 3.05) is 0 Å². The number of nitrogens with one attached hydrogen (secondary N) is 1. The number of nitrogens with zero attached hydrogens (tertiary/aromatic N) is 5. The average molecular weight is 396 g/mol. The van der Waals surface area contributed by atoms with Crippen LogP contribution in [0.3, 0.4) is 0 Å². The Morgan fingerprint density at radius 3 is 2.73 bits per heavy atom. The summed E-state index contributed by atoms with van der Waals surface area (Å²) in [5, 5.41) is 13.2. The molecule has 4 aromatic heterocycles. The molecule has 1 aliphatic carbocycles. The van der Waals surface area contributed by atoms with Gasteiger partial charge in [-0.25, -0.2) is 0 Å². The quantitative estimate of drug-likeness (QED) is 0.502.